The van der Waals surface area contributed by atoms with Gasteiger partial charge in [0.15, 0.2) is 3.92 Å². The van der Waals surface area contributed by atoms with E-state index in [0.717, 1.165) is 0 Å². The van der Waals surface area contributed by atoms with Crippen LogP contribution in [0.5, 0.6) is 0 Å². The predicted molar refractivity (Wildman–Crippen MR) is 65.6 cm³/mol. The Hall–Kier alpha value is -1.48. The summed E-state index contributed by atoms with van der Waals surface area (Å²) in [5, 5.41) is 21.0. The average molecular weight is 337 g/mol. The lowest BCUT2D eigenvalue weighted by molar-refractivity contribution is -0.140. The Morgan fingerprint density at radius 1 is 1.44 bits per heavy atom. The van der Waals surface area contributed by atoms with Crippen LogP contribution in [-0.2, 0) is 9.59 Å². The minimum Gasteiger partial charge on any atom is -0.481 e. The Morgan fingerprint density at radius 3 is 2.56 bits per heavy atom. The number of aromatic nitrogens is 1. The summed E-state index contributed by atoms with van der Waals surface area (Å²) in [6.45, 7) is 0. The number of carbonyl (C=O) groups excluding carboxylic acids is 1. The van der Waals surface area contributed by atoms with Gasteiger partial charge in [-0.1, -0.05) is 0 Å². The van der Waals surface area contributed by atoms with Gasteiger partial charge < -0.3 is 15.5 Å². The molecular formula is C9H9BrN2O5S. The fraction of sp³-hybridized carbons (Fsp3) is 0.333. The first kappa shape index (κ1) is 14.6. The van der Waals surface area contributed by atoms with Gasteiger partial charge in [0.2, 0.25) is 0 Å². The van der Waals surface area contributed by atoms with Gasteiger partial charge in [-0.15, -0.1) is 11.3 Å². The summed E-state index contributed by atoms with van der Waals surface area (Å²) in [6, 6.07) is -1.24. The predicted octanol–water partition coefficient (Wildman–Crippen LogP) is 0.953. The SMILES string of the molecule is O=C(O)CC[C@H](NC(=O)c1csc(Br)n1)C(=O)O. The number of hydrogen-bond donors (Lipinski definition) is 3. The van der Waals surface area contributed by atoms with Crippen molar-refractivity contribution in [3.8, 4) is 0 Å². The number of rotatable bonds is 6. The molecule has 18 heavy (non-hydrogen) atoms. The second-order valence-electron chi connectivity index (χ2n) is 3.28. The molecular weight excluding hydrogens is 328 g/mol. The van der Waals surface area contributed by atoms with E-state index >= 15 is 0 Å². The molecule has 9 heteroatoms. The summed E-state index contributed by atoms with van der Waals surface area (Å²) < 4.78 is 0.505. The maximum Gasteiger partial charge on any atom is 0.326 e. The maximum absolute atomic E-state index is 11.6. The number of aliphatic carboxylic acids is 2. The third-order valence-corrected chi connectivity index (χ3v) is 3.32. The molecule has 0 unspecified atom stereocenters. The van der Waals surface area contributed by atoms with Crippen LogP contribution in [-0.4, -0.2) is 39.1 Å². The first-order chi connectivity index (χ1) is 8.40. The van der Waals surface area contributed by atoms with Crippen LogP contribution in [0.1, 0.15) is 23.3 Å². The van der Waals surface area contributed by atoms with Gasteiger partial charge in [0, 0.05) is 11.8 Å². The average Bonchev–Trinajstić information content (AvgIpc) is 2.70. The molecule has 0 fully saturated rings. The molecule has 1 heterocycles. The molecule has 0 bridgehead atoms. The standard InChI is InChI=1S/C9H9BrN2O5S/c10-9-12-5(3-18-9)7(15)11-4(8(16)17)1-2-6(13)14/h3-4H,1-2H2,(H,11,15)(H,13,14)(H,16,17)/t4-/m0/s1. The molecule has 0 radical (unpaired) electrons. The van der Waals surface area contributed by atoms with Crippen LogP contribution in [0.3, 0.4) is 0 Å². The van der Waals surface area contributed by atoms with E-state index < -0.39 is 23.9 Å². The van der Waals surface area contributed by atoms with E-state index in [-0.39, 0.29) is 18.5 Å². The van der Waals surface area contributed by atoms with Gasteiger partial charge in [0.25, 0.3) is 5.91 Å². The van der Waals surface area contributed by atoms with Gasteiger partial charge in [-0.05, 0) is 22.4 Å². The third kappa shape index (κ3) is 4.41. The van der Waals surface area contributed by atoms with Gasteiger partial charge in [-0.3, -0.25) is 9.59 Å². The molecule has 1 aromatic heterocycles. The summed E-state index contributed by atoms with van der Waals surface area (Å²) in [6.07, 6.45) is -0.514. The second-order valence-corrected chi connectivity index (χ2v) is 5.42. The number of halogens is 1. The molecule has 0 aromatic carbocycles. The lowest BCUT2D eigenvalue weighted by Crippen LogP contribution is -2.41. The van der Waals surface area contributed by atoms with E-state index in [1.807, 2.05) is 0 Å². The first-order valence-corrected chi connectivity index (χ1v) is 6.44. The lowest BCUT2D eigenvalue weighted by Gasteiger charge is -2.12. The molecule has 7 nitrogen and oxygen atoms in total. The molecule has 0 aliphatic rings. The first-order valence-electron chi connectivity index (χ1n) is 4.76. The third-order valence-electron chi connectivity index (χ3n) is 1.96. The minimum atomic E-state index is -1.28. The number of hydrogen-bond acceptors (Lipinski definition) is 5. The van der Waals surface area contributed by atoms with Gasteiger partial charge in [0.1, 0.15) is 11.7 Å². The number of amides is 1. The number of nitrogens with zero attached hydrogens (tertiary/aromatic N) is 1. The molecule has 0 saturated carbocycles. The van der Waals surface area contributed by atoms with Crippen LogP contribution in [0.4, 0.5) is 0 Å². The number of carbonyl (C=O) groups is 3. The number of thiazole rings is 1. The van der Waals surface area contributed by atoms with E-state index in [0.29, 0.717) is 3.92 Å². The van der Waals surface area contributed by atoms with Gasteiger partial charge in [0.05, 0.1) is 0 Å². The summed E-state index contributed by atoms with van der Waals surface area (Å²) in [4.78, 5) is 36.7. The number of carboxylic acids is 2. The van der Waals surface area contributed by atoms with Crippen molar-refractivity contribution >= 4 is 45.1 Å². The fourth-order valence-corrected chi connectivity index (χ4v) is 2.10. The van der Waals surface area contributed by atoms with Crippen molar-refractivity contribution in [1.82, 2.24) is 10.3 Å². The summed E-state index contributed by atoms with van der Waals surface area (Å²) >= 11 is 4.27. The molecule has 0 aliphatic heterocycles. The van der Waals surface area contributed by atoms with Crippen molar-refractivity contribution in [1.29, 1.82) is 0 Å². The topological polar surface area (TPSA) is 117 Å². The Bertz CT molecular complexity index is 475. The molecule has 0 aliphatic carbocycles. The monoisotopic (exact) mass is 336 g/mol. The van der Waals surface area contributed by atoms with Gasteiger partial charge in [-0.25, -0.2) is 9.78 Å². The Kier molecular flexibility index (Phi) is 5.23. The molecule has 0 saturated heterocycles. The van der Waals surface area contributed by atoms with Crippen molar-refractivity contribution < 1.29 is 24.6 Å². The molecule has 0 spiro atoms. The number of nitrogens with one attached hydrogen (secondary N) is 1. The van der Waals surface area contributed by atoms with Gasteiger partial charge >= 0.3 is 11.9 Å². The van der Waals surface area contributed by atoms with Crippen LogP contribution in [0.2, 0.25) is 0 Å². The van der Waals surface area contributed by atoms with Crippen molar-refractivity contribution in [3.05, 3.63) is 15.0 Å². The second kappa shape index (κ2) is 6.45. The van der Waals surface area contributed by atoms with Crippen molar-refractivity contribution in [2.75, 3.05) is 0 Å². The Labute approximate surface area is 114 Å². The molecule has 1 atom stereocenters. The highest BCUT2D eigenvalue weighted by molar-refractivity contribution is 9.11. The van der Waals surface area contributed by atoms with Crippen molar-refractivity contribution in [3.63, 3.8) is 0 Å². The van der Waals surface area contributed by atoms with Crippen molar-refractivity contribution in [2.45, 2.75) is 18.9 Å². The Balaban J connectivity index is 2.63. The molecule has 3 N–H and O–H groups in total. The summed E-state index contributed by atoms with van der Waals surface area (Å²) in [5.74, 6) is -3.04. The fourth-order valence-electron chi connectivity index (χ4n) is 1.11. The largest absolute Gasteiger partial charge is 0.481 e. The molecule has 1 aromatic rings. The number of carboxylic acid groups (broad SMARTS) is 2. The van der Waals surface area contributed by atoms with Crippen LogP contribution in [0, 0.1) is 0 Å². The van der Waals surface area contributed by atoms with E-state index in [9.17, 15) is 14.4 Å². The van der Waals surface area contributed by atoms with E-state index in [1.54, 1.807) is 0 Å². The smallest absolute Gasteiger partial charge is 0.326 e. The molecule has 98 valence electrons. The van der Waals surface area contributed by atoms with E-state index in [4.69, 9.17) is 10.2 Å². The zero-order valence-corrected chi connectivity index (χ0v) is 11.3. The van der Waals surface area contributed by atoms with Gasteiger partial charge in [-0.2, -0.15) is 0 Å². The summed E-state index contributed by atoms with van der Waals surface area (Å²) in [5.41, 5.74) is 0.0912. The van der Waals surface area contributed by atoms with Crippen molar-refractivity contribution in [2.24, 2.45) is 0 Å². The molecule has 1 rings (SSSR count). The maximum atomic E-state index is 11.6. The van der Waals surface area contributed by atoms with Crippen LogP contribution < -0.4 is 5.32 Å². The highest BCUT2D eigenvalue weighted by Crippen LogP contribution is 2.16. The highest BCUT2D eigenvalue weighted by Gasteiger charge is 2.22. The molecule has 1 amide bonds. The minimum absolute atomic E-state index is 0.0912. The summed E-state index contributed by atoms with van der Waals surface area (Å²) in [7, 11) is 0. The Morgan fingerprint density at radius 2 is 2.11 bits per heavy atom. The zero-order chi connectivity index (χ0) is 13.7. The van der Waals surface area contributed by atoms with Crippen LogP contribution >= 0.6 is 27.3 Å². The zero-order valence-electron chi connectivity index (χ0n) is 8.92. The highest BCUT2D eigenvalue weighted by atomic mass is 79.9. The van der Waals surface area contributed by atoms with E-state index in [2.05, 4.69) is 26.2 Å². The van der Waals surface area contributed by atoms with Crippen LogP contribution in [0.15, 0.2) is 9.30 Å². The quantitative estimate of drug-likeness (QED) is 0.712. The van der Waals surface area contributed by atoms with Crippen LogP contribution in [0.25, 0.3) is 0 Å². The van der Waals surface area contributed by atoms with E-state index in [1.165, 1.54) is 16.7 Å². The lowest BCUT2D eigenvalue weighted by atomic mass is 10.1. The normalized spacial score (nSPS) is 11.8.